The third-order valence-electron chi connectivity index (χ3n) is 6.01. The zero-order valence-corrected chi connectivity index (χ0v) is 18.2. The highest BCUT2D eigenvalue weighted by atomic mass is 35.5. The maximum absolute atomic E-state index is 12.9. The van der Waals surface area contributed by atoms with E-state index in [0.717, 1.165) is 25.1 Å². The molecule has 2 fully saturated rings. The first-order chi connectivity index (χ1) is 15.3. The molecule has 4 heterocycles. The third kappa shape index (κ3) is 3.71. The largest absolute Gasteiger partial charge is 0.492 e. The van der Waals surface area contributed by atoms with Crippen LogP contribution in [0.4, 0.5) is 0 Å². The van der Waals surface area contributed by atoms with Gasteiger partial charge in [0.15, 0.2) is 11.5 Å². The number of amides is 1. The Morgan fingerprint density at radius 2 is 2.12 bits per heavy atom. The Morgan fingerprint density at radius 1 is 1.22 bits per heavy atom. The molecule has 0 bridgehead atoms. The predicted octanol–water partition coefficient (Wildman–Crippen LogP) is 2.66. The molecule has 1 saturated heterocycles. The minimum absolute atomic E-state index is 0. The van der Waals surface area contributed by atoms with Crippen molar-refractivity contribution in [2.24, 2.45) is 5.92 Å². The number of aromatic nitrogens is 3. The van der Waals surface area contributed by atoms with Gasteiger partial charge in [-0.2, -0.15) is 0 Å². The molecule has 6 rings (SSSR count). The molecule has 32 heavy (non-hydrogen) atoms. The number of ether oxygens (including phenoxy) is 3. The monoisotopic (exact) mass is 457 g/mol. The minimum Gasteiger partial charge on any atom is -0.492 e. The molecule has 10 heteroatoms. The van der Waals surface area contributed by atoms with Crippen LogP contribution < -0.4 is 24.8 Å². The summed E-state index contributed by atoms with van der Waals surface area (Å²) in [6.07, 6.45) is 6.47. The van der Waals surface area contributed by atoms with E-state index in [9.17, 15) is 4.79 Å². The second kappa shape index (κ2) is 8.48. The Kier molecular flexibility index (Phi) is 5.52. The van der Waals surface area contributed by atoms with Crippen LogP contribution in [-0.2, 0) is 0 Å². The van der Waals surface area contributed by atoms with Gasteiger partial charge in [-0.05, 0) is 43.9 Å². The van der Waals surface area contributed by atoms with Crippen molar-refractivity contribution >= 4 is 29.3 Å². The lowest BCUT2D eigenvalue weighted by Crippen LogP contribution is -2.36. The normalized spacial score (nSPS) is 19.1. The summed E-state index contributed by atoms with van der Waals surface area (Å²) in [7, 11) is 0. The smallest absolute Gasteiger partial charge is 0.255 e. The van der Waals surface area contributed by atoms with Crippen molar-refractivity contribution < 1.29 is 19.0 Å². The second-order valence-corrected chi connectivity index (χ2v) is 8.24. The van der Waals surface area contributed by atoms with Gasteiger partial charge < -0.3 is 29.8 Å². The summed E-state index contributed by atoms with van der Waals surface area (Å²) in [4.78, 5) is 25.0. The summed E-state index contributed by atoms with van der Waals surface area (Å²) in [6, 6.07) is 3.88. The maximum Gasteiger partial charge on any atom is 0.255 e. The quantitative estimate of drug-likeness (QED) is 0.522. The molecule has 3 N–H and O–H groups in total. The summed E-state index contributed by atoms with van der Waals surface area (Å²) < 4.78 is 17.5. The zero-order valence-electron chi connectivity index (χ0n) is 17.3. The molecule has 0 unspecified atom stereocenters. The SMILES string of the molecule is Cl.O=C(N[C@H]1CCNC1)c1c[nH]c2c(-c3c(OCC4CC4)ccc4c3OCO4)ncnc12. The van der Waals surface area contributed by atoms with Gasteiger partial charge in [-0.25, -0.2) is 9.97 Å². The van der Waals surface area contributed by atoms with E-state index in [0.29, 0.717) is 52.1 Å². The number of fused-ring (bicyclic) bond motifs is 2. The van der Waals surface area contributed by atoms with Crippen LogP contribution in [0.2, 0.25) is 0 Å². The van der Waals surface area contributed by atoms with Gasteiger partial charge in [0.25, 0.3) is 5.91 Å². The van der Waals surface area contributed by atoms with Crippen molar-refractivity contribution in [3.8, 4) is 28.5 Å². The molecule has 3 aliphatic rings. The van der Waals surface area contributed by atoms with Gasteiger partial charge >= 0.3 is 0 Å². The van der Waals surface area contributed by atoms with Gasteiger partial charge in [0.2, 0.25) is 6.79 Å². The number of carbonyl (C=O) groups is 1. The van der Waals surface area contributed by atoms with Crippen molar-refractivity contribution in [1.82, 2.24) is 25.6 Å². The van der Waals surface area contributed by atoms with Crippen LogP contribution in [0.5, 0.6) is 17.2 Å². The molecule has 0 radical (unpaired) electrons. The first kappa shape index (κ1) is 20.8. The molecule has 0 spiro atoms. The van der Waals surface area contributed by atoms with Crippen LogP contribution in [0.1, 0.15) is 29.6 Å². The highest BCUT2D eigenvalue weighted by Gasteiger charge is 2.29. The number of benzene rings is 1. The highest BCUT2D eigenvalue weighted by Crippen LogP contribution is 2.48. The van der Waals surface area contributed by atoms with Gasteiger partial charge in [0.1, 0.15) is 23.3 Å². The molecule has 2 aromatic heterocycles. The first-order valence-electron chi connectivity index (χ1n) is 10.7. The molecule has 1 aliphatic carbocycles. The van der Waals surface area contributed by atoms with E-state index in [1.165, 1.54) is 19.2 Å². The Bertz CT molecular complexity index is 1160. The first-order valence-corrected chi connectivity index (χ1v) is 10.7. The molecular formula is C22H24ClN5O4. The number of nitrogens with zero attached hydrogens (tertiary/aromatic N) is 2. The van der Waals surface area contributed by atoms with Crippen LogP contribution in [0.15, 0.2) is 24.7 Å². The second-order valence-electron chi connectivity index (χ2n) is 8.24. The van der Waals surface area contributed by atoms with E-state index in [1.54, 1.807) is 6.20 Å². The fraction of sp³-hybridized carbons (Fsp3) is 0.409. The number of carbonyl (C=O) groups excluding carboxylic acids is 1. The molecule has 1 saturated carbocycles. The fourth-order valence-electron chi connectivity index (χ4n) is 4.13. The summed E-state index contributed by atoms with van der Waals surface area (Å²) in [5.74, 6) is 2.40. The lowest BCUT2D eigenvalue weighted by Gasteiger charge is -2.14. The van der Waals surface area contributed by atoms with E-state index in [4.69, 9.17) is 14.2 Å². The number of H-pyrrole nitrogens is 1. The van der Waals surface area contributed by atoms with E-state index < -0.39 is 0 Å². The number of hydrogen-bond acceptors (Lipinski definition) is 7. The van der Waals surface area contributed by atoms with Gasteiger partial charge in [-0.1, -0.05) is 0 Å². The molecule has 1 atom stereocenters. The maximum atomic E-state index is 12.9. The molecule has 2 aliphatic heterocycles. The molecule has 3 aromatic rings. The number of nitrogens with one attached hydrogen (secondary N) is 3. The Hall–Kier alpha value is -3.04. The van der Waals surface area contributed by atoms with Crippen LogP contribution in [0.25, 0.3) is 22.3 Å². The van der Waals surface area contributed by atoms with Gasteiger partial charge in [-0.3, -0.25) is 4.79 Å². The van der Waals surface area contributed by atoms with Crippen LogP contribution in [0.3, 0.4) is 0 Å². The molecule has 168 valence electrons. The number of rotatable bonds is 6. The number of aromatic amines is 1. The average molecular weight is 458 g/mol. The number of halogens is 1. The zero-order chi connectivity index (χ0) is 20.8. The predicted molar refractivity (Wildman–Crippen MR) is 120 cm³/mol. The third-order valence-corrected chi connectivity index (χ3v) is 6.01. The fourth-order valence-corrected chi connectivity index (χ4v) is 4.13. The molecule has 1 amide bonds. The molecular weight excluding hydrogens is 434 g/mol. The van der Waals surface area contributed by atoms with Gasteiger partial charge in [-0.15, -0.1) is 12.4 Å². The van der Waals surface area contributed by atoms with Crippen LogP contribution >= 0.6 is 12.4 Å². The average Bonchev–Trinajstić information content (AvgIpc) is 3.16. The topological polar surface area (TPSA) is 110 Å². The van der Waals surface area contributed by atoms with E-state index in [2.05, 4.69) is 25.6 Å². The summed E-state index contributed by atoms with van der Waals surface area (Å²) >= 11 is 0. The summed E-state index contributed by atoms with van der Waals surface area (Å²) in [6.45, 7) is 2.50. The molecule has 1 aromatic carbocycles. The van der Waals surface area contributed by atoms with Gasteiger partial charge in [0, 0.05) is 18.8 Å². The van der Waals surface area contributed by atoms with Gasteiger partial charge in [0.05, 0.1) is 23.3 Å². The highest BCUT2D eigenvalue weighted by molar-refractivity contribution is 6.08. The standard InChI is InChI=1S/C22H23N5O4.ClH/c28-22(27-13-5-6-23-7-13)14-8-24-20-18(14)25-10-26-19(20)17-15(29-9-12-1-2-12)3-4-16-21(17)31-11-30-16;/h3-4,8,10,12-13,23-24H,1-2,5-7,9,11H2,(H,27,28);1H/t13-;/m0./s1. The van der Waals surface area contributed by atoms with Crippen molar-refractivity contribution in [2.75, 3.05) is 26.5 Å². The Labute approximate surface area is 190 Å². The summed E-state index contributed by atoms with van der Waals surface area (Å²) in [5.41, 5.74) is 3.07. The van der Waals surface area contributed by atoms with Crippen LogP contribution in [0, 0.1) is 5.92 Å². The van der Waals surface area contributed by atoms with E-state index in [1.807, 2.05) is 12.1 Å². The van der Waals surface area contributed by atoms with Crippen molar-refractivity contribution in [2.45, 2.75) is 25.3 Å². The van der Waals surface area contributed by atoms with Crippen molar-refractivity contribution in [3.05, 3.63) is 30.2 Å². The Morgan fingerprint density at radius 3 is 2.94 bits per heavy atom. The lowest BCUT2D eigenvalue weighted by atomic mass is 10.1. The number of hydrogen-bond donors (Lipinski definition) is 3. The lowest BCUT2D eigenvalue weighted by molar-refractivity contribution is 0.0941. The van der Waals surface area contributed by atoms with E-state index >= 15 is 0 Å². The Balaban J connectivity index is 0.00000216. The van der Waals surface area contributed by atoms with Crippen molar-refractivity contribution in [1.29, 1.82) is 0 Å². The van der Waals surface area contributed by atoms with Crippen LogP contribution in [-0.4, -0.2) is 53.4 Å². The van der Waals surface area contributed by atoms with E-state index in [-0.39, 0.29) is 31.1 Å². The molecule has 9 nitrogen and oxygen atoms in total. The minimum atomic E-state index is -0.146. The summed E-state index contributed by atoms with van der Waals surface area (Å²) in [5, 5.41) is 6.33. The van der Waals surface area contributed by atoms with Crippen molar-refractivity contribution in [3.63, 3.8) is 0 Å².